The van der Waals surface area contributed by atoms with Gasteiger partial charge in [0, 0.05) is 26.9 Å². The molecule has 4 nitrogen and oxygen atoms in total. The lowest BCUT2D eigenvalue weighted by molar-refractivity contribution is 0.183. The zero-order chi connectivity index (χ0) is 13.4. The van der Waals surface area contributed by atoms with Crippen LogP contribution in [0.4, 0.5) is 5.82 Å². The molecule has 1 aromatic rings. The van der Waals surface area contributed by atoms with E-state index in [4.69, 9.17) is 4.74 Å². The minimum Gasteiger partial charge on any atom is -0.383 e. The van der Waals surface area contributed by atoms with Crippen molar-refractivity contribution in [3.8, 4) is 0 Å². The second kappa shape index (κ2) is 8.06. The molecule has 0 spiro atoms. The fourth-order valence-corrected chi connectivity index (χ4v) is 1.72. The van der Waals surface area contributed by atoms with Gasteiger partial charge in [0.25, 0.3) is 0 Å². The highest BCUT2D eigenvalue weighted by Crippen LogP contribution is 2.12. The summed E-state index contributed by atoms with van der Waals surface area (Å²) >= 11 is 0. The Morgan fingerprint density at radius 2 is 2.22 bits per heavy atom. The largest absolute Gasteiger partial charge is 0.383 e. The first kappa shape index (κ1) is 14.9. The third-order valence-corrected chi connectivity index (χ3v) is 3.00. The zero-order valence-electron chi connectivity index (χ0n) is 11.9. The summed E-state index contributed by atoms with van der Waals surface area (Å²) in [6.07, 6.45) is 3.09. The van der Waals surface area contributed by atoms with Crippen molar-refractivity contribution in [2.24, 2.45) is 0 Å². The van der Waals surface area contributed by atoms with Crippen LogP contribution in [0, 0.1) is 0 Å². The molecule has 0 aliphatic heterocycles. The summed E-state index contributed by atoms with van der Waals surface area (Å²) in [5.74, 6) is 0.985. The molecule has 0 saturated heterocycles. The molecular formula is C14H25N3O. The highest BCUT2D eigenvalue weighted by atomic mass is 16.5. The van der Waals surface area contributed by atoms with Gasteiger partial charge >= 0.3 is 0 Å². The number of rotatable bonds is 8. The van der Waals surface area contributed by atoms with Gasteiger partial charge in [0.15, 0.2) is 0 Å². The van der Waals surface area contributed by atoms with Gasteiger partial charge < -0.3 is 15.0 Å². The highest BCUT2D eigenvalue weighted by Gasteiger charge is 2.10. The molecule has 1 unspecified atom stereocenters. The van der Waals surface area contributed by atoms with E-state index in [0.29, 0.717) is 12.6 Å². The van der Waals surface area contributed by atoms with Gasteiger partial charge in [-0.1, -0.05) is 13.0 Å². The molecule has 18 heavy (non-hydrogen) atoms. The topological polar surface area (TPSA) is 37.4 Å². The standard InChI is InChI=1S/C14H25N3O/c1-5-8-15-9-13-6-7-14(16-10-13)17(3)12(2)11-18-4/h6-7,10,12,15H,5,8-9,11H2,1-4H3. The summed E-state index contributed by atoms with van der Waals surface area (Å²) in [7, 11) is 3.77. The number of hydrogen-bond acceptors (Lipinski definition) is 4. The summed E-state index contributed by atoms with van der Waals surface area (Å²) in [5.41, 5.74) is 1.22. The lowest BCUT2D eigenvalue weighted by Gasteiger charge is -2.25. The Bertz CT molecular complexity index is 326. The lowest BCUT2D eigenvalue weighted by atomic mass is 10.2. The summed E-state index contributed by atoms with van der Waals surface area (Å²) in [6, 6.07) is 4.52. The van der Waals surface area contributed by atoms with Crippen LogP contribution in [-0.2, 0) is 11.3 Å². The first-order valence-electron chi connectivity index (χ1n) is 6.56. The van der Waals surface area contributed by atoms with E-state index in [-0.39, 0.29) is 0 Å². The maximum atomic E-state index is 5.16. The van der Waals surface area contributed by atoms with Crippen molar-refractivity contribution in [2.45, 2.75) is 32.9 Å². The molecule has 0 aliphatic rings. The Morgan fingerprint density at radius 1 is 1.44 bits per heavy atom. The number of ether oxygens (including phenoxy) is 1. The molecule has 0 fully saturated rings. The molecule has 102 valence electrons. The van der Waals surface area contributed by atoms with Crippen LogP contribution in [0.5, 0.6) is 0 Å². The number of hydrogen-bond donors (Lipinski definition) is 1. The van der Waals surface area contributed by atoms with E-state index in [1.165, 1.54) is 5.56 Å². The highest BCUT2D eigenvalue weighted by molar-refractivity contribution is 5.39. The van der Waals surface area contributed by atoms with Crippen LogP contribution < -0.4 is 10.2 Å². The van der Waals surface area contributed by atoms with Crippen LogP contribution in [0.3, 0.4) is 0 Å². The van der Waals surface area contributed by atoms with Crippen molar-refractivity contribution in [1.29, 1.82) is 0 Å². The van der Waals surface area contributed by atoms with Gasteiger partial charge in [-0.3, -0.25) is 0 Å². The SMILES string of the molecule is CCCNCc1ccc(N(C)C(C)COC)nc1. The first-order chi connectivity index (χ1) is 8.69. The van der Waals surface area contributed by atoms with E-state index < -0.39 is 0 Å². The molecule has 0 amide bonds. The fourth-order valence-electron chi connectivity index (χ4n) is 1.72. The van der Waals surface area contributed by atoms with Crippen LogP contribution in [0.1, 0.15) is 25.8 Å². The van der Waals surface area contributed by atoms with Gasteiger partial charge in [0.1, 0.15) is 5.82 Å². The van der Waals surface area contributed by atoms with E-state index in [1.54, 1.807) is 7.11 Å². The van der Waals surface area contributed by atoms with Crippen molar-refractivity contribution in [2.75, 3.05) is 32.2 Å². The van der Waals surface area contributed by atoms with Crippen LogP contribution in [0.2, 0.25) is 0 Å². The summed E-state index contributed by atoms with van der Waals surface area (Å²) in [5, 5.41) is 3.37. The second-order valence-electron chi connectivity index (χ2n) is 4.62. The number of nitrogens with one attached hydrogen (secondary N) is 1. The number of likely N-dealkylation sites (N-methyl/N-ethyl adjacent to an activating group) is 1. The number of nitrogens with zero attached hydrogens (tertiary/aromatic N) is 2. The van der Waals surface area contributed by atoms with Crippen LogP contribution in [0.15, 0.2) is 18.3 Å². The molecule has 1 heterocycles. The fraction of sp³-hybridized carbons (Fsp3) is 0.643. The van der Waals surface area contributed by atoms with E-state index in [2.05, 4.69) is 41.2 Å². The summed E-state index contributed by atoms with van der Waals surface area (Å²) < 4.78 is 5.16. The molecule has 1 aromatic heterocycles. The Balaban J connectivity index is 2.53. The Morgan fingerprint density at radius 3 is 2.78 bits per heavy atom. The molecule has 0 aromatic carbocycles. The van der Waals surface area contributed by atoms with Crippen LogP contribution >= 0.6 is 0 Å². The predicted molar refractivity (Wildman–Crippen MR) is 76.0 cm³/mol. The Labute approximate surface area is 110 Å². The maximum absolute atomic E-state index is 5.16. The maximum Gasteiger partial charge on any atom is 0.128 e. The Kier molecular flexibility index (Phi) is 6.68. The van der Waals surface area contributed by atoms with Crippen LogP contribution in [0.25, 0.3) is 0 Å². The molecule has 0 aliphatic carbocycles. The van der Waals surface area contributed by atoms with E-state index in [9.17, 15) is 0 Å². The van der Waals surface area contributed by atoms with Crippen molar-refractivity contribution in [3.05, 3.63) is 23.9 Å². The second-order valence-corrected chi connectivity index (χ2v) is 4.62. The van der Waals surface area contributed by atoms with Crippen molar-refractivity contribution < 1.29 is 4.74 Å². The van der Waals surface area contributed by atoms with Gasteiger partial charge in [0.05, 0.1) is 12.6 Å². The zero-order valence-corrected chi connectivity index (χ0v) is 11.9. The minimum atomic E-state index is 0.326. The Hall–Kier alpha value is -1.13. The third kappa shape index (κ3) is 4.63. The number of methoxy groups -OCH3 is 1. The van der Waals surface area contributed by atoms with Gasteiger partial charge in [-0.15, -0.1) is 0 Å². The molecule has 1 N–H and O–H groups in total. The third-order valence-electron chi connectivity index (χ3n) is 3.00. The van der Waals surface area contributed by atoms with E-state index in [1.807, 2.05) is 13.2 Å². The number of pyridine rings is 1. The lowest BCUT2D eigenvalue weighted by Crippen LogP contribution is -2.33. The van der Waals surface area contributed by atoms with Crippen molar-refractivity contribution >= 4 is 5.82 Å². The summed E-state index contributed by atoms with van der Waals surface area (Å²) in [6.45, 7) is 6.94. The average Bonchev–Trinajstić information content (AvgIpc) is 2.39. The summed E-state index contributed by atoms with van der Waals surface area (Å²) in [4.78, 5) is 6.62. The van der Waals surface area contributed by atoms with Crippen molar-refractivity contribution in [1.82, 2.24) is 10.3 Å². The molecule has 0 radical (unpaired) electrons. The van der Waals surface area contributed by atoms with E-state index in [0.717, 1.165) is 25.3 Å². The molecule has 0 saturated carbocycles. The number of aromatic nitrogens is 1. The van der Waals surface area contributed by atoms with Gasteiger partial charge in [0.2, 0.25) is 0 Å². The minimum absolute atomic E-state index is 0.326. The molecule has 0 bridgehead atoms. The van der Waals surface area contributed by atoms with Gasteiger partial charge in [-0.2, -0.15) is 0 Å². The molecular weight excluding hydrogens is 226 g/mol. The number of anilines is 1. The van der Waals surface area contributed by atoms with Crippen LogP contribution in [-0.4, -0.2) is 38.3 Å². The quantitative estimate of drug-likeness (QED) is 0.718. The predicted octanol–water partition coefficient (Wildman–Crippen LogP) is 2.05. The molecule has 1 rings (SSSR count). The van der Waals surface area contributed by atoms with Crippen molar-refractivity contribution in [3.63, 3.8) is 0 Å². The van der Waals surface area contributed by atoms with E-state index >= 15 is 0 Å². The molecule has 4 heteroatoms. The van der Waals surface area contributed by atoms with Gasteiger partial charge in [-0.25, -0.2) is 4.98 Å². The average molecular weight is 251 g/mol. The smallest absolute Gasteiger partial charge is 0.128 e. The first-order valence-corrected chi connectivity index (χ1v) is 6.56. The molecule has 1 atom stereocenters. The normalized spacial score (nSPS) is 12.4. The van der Waals surface area contributed by atoms with Gasteiger partial charge in [-0.05, 0) is 31.5 Å². The monoisotopic (exact) mass is 251 g/mol.